The van der Waals surface area contributed by atoms with Gasteiger partial charge in [-0.15, -0.1) is 0 Å². The van der Waals surface area contributed by atoms with Crippen molar-refractivity contribution in [1.29, 1.82) is 0 Å². The summed E-state index contributed by atoms with van der Waals surface area (Å²) >= 11 is 12.0. The van der Waals surface area contributed by atoms with E-state index in [2.05, 4.69) is 61.5 Å². The third kappa shape index (κ3) is 10.2. The Balaban J connectivity index is 0.000000281. The number of carboxylic acids is 1. The maximum atomic E-state index is 13.1. The smallest absolute Gasteiger partial charge is 0.407 e. The van der Waals surface area contributed by atoms with Crippen LogP contribution in [-0.4, -0.2) is 94.7 Å². The summed E-state index contributed by atoms with van der Waals surface area (Å²) in [6.45, 7) is 19.5. The second-order valence-corrected chi connectivity index (χ2v) is 18.7. The number of carbonyl (C=O) groups is 3. The van der Waals surface area contributed by atoms with Crippen LogP contribution in [0.4, 0.5) is 16.4 Å². The van der Waals surface area contributed by atoms with Crippen molar-refractivity contribution in [2.45, 2.75) is 104 Å². The van der Waals surface area contributed by atoms with Gasteiger partial charge in [-0.3, -0.25) is 4.79 Å². The van der Waals surface area contributed by atoms with Crippen molar-refractivity contribution in [2.24, 2.45) is 11.8 Å². The van der Waals surface area contributed by atoms with Crippen LogP contribution in [0.1, 0.15) is 102 Å². The Kier molecular flexibility index (Phi) is 12.3. The number of rotatable bonds is 7. The van der Waals surface area contributed by atoms with E-state index in [4.69, 9.17) is 27.9 Å². The molecular weight excluding hydrogens is 733 g/mol. The monoisotopic (exact) mass is 783 g/mol. The summed E-state index contributed by atoms with van der Waals surface area (Å²) in [7, 11) is -4.14. The SMILES string of the molecule is C[C@@H]1CN(c2nc(Cl)ccc2C(=O)NS(=O)(=O)N2CC[C@H](NC(=O)OC(C)(C)C)C2)C(C)(C)C1.C[C@@H]1CN(c2nc(Cl)ccc2C(=O)O)C(C)(C)C1. The highest BCUT2D eigenvalue weighted by Gasteiger charge is 2.41. The van der Waals surface area contributed by atoms with Crippen LogP contribution in [0.3, 0.4) is 0 Å². The van der Waals surface area contributed by atoms with Gasteiger partial charge in [0.2, 0.25) is 0 Å². The fourth-order valence-corrected chi connectivity index (χ4v) is 8.78. The number of halogens is 2. The molecule has 0 saturated carbocycles. The van der Waals surface area contributed by atoms with Crippen LogP contribution in [-0.2, 0) is 14.9 Å². The van der Waals surface area contributed by atoms with Gasteiger partial charge in [-0.25, -0.2) is 24.3 Å². The average Bonchev–Trinajstić information content (AvgIpc) is 3.65. The van der Waals surface area contributed by atoms with E-state index >= 15 is 0 Å². The molecule has 288 valence electrons. The minimum atomic E-state index is -4.14. The normalized spacial score (nSPS) is 22.8. The maximum absolute atomic E-state index is 13.1. The molecular formula is C35H51Cl2N7O7S. The molecule has 3 atom stereocenters. The number of amides is 2. The molecule has 0 unspecified atom stereocenters. The van der Waals surface area contributed by atoms with Crippen LogP contribution in [0, 0.1) is 11.8 Å². The molecule has 5 heterocycles. The number of carboxylic acid groups (broad SMARTS) is 1. The number of aromatic carboxylic acids is 1. The van der Waals surface area contributed by atoms with Crippen LogP contribution in [0.2, 0.25) is 10.3 Å². The molecule has 17 heteroatoms. The van der Waals surface area contributed by atoms with Crippen molar-refractivity contribution < 1.29 is 32.6 Å². The molecule has 0 aliphatic carbocycles. The minimum absolute atomic E-state index is 0.0320. The number of nitrogens with one attached hydrogen (secondary N) is 2. The zero-order valence-electron chi connectivity index (χ0n) is 31.3. The van der Waals surface area contributed by atoms with Gasteiger partial charge >= 0.3 is 22.3 Å². The summed E-state index contributed by atoms with van der Waals surface area (Å²) in [5, 5.41) is 12.5. The first kappa shape index (κ1) is 41.4. The van der Waals surface area contributed by atoms with Crippen LogP contribution in [0.15, 0.2) is 24.3 Å². The van der Waals surface area contributed by atoms with Gasteiger partial charge in [-0.2, -0.15) is 12.7 Å². The number of ether oxygens (including phenoxy) is 1. The van der Waals surface area contributed by atoms with Crippen molar-refractivity contribution in [3.8, 4) is 0 Å². The Morgan fingerprint density at radius 2 is 1.35 bits per heavy atom. The van der Waals surface area contributed by atoms with E-state index in [-0.39, 0.29) is 40.4 Å². The fraction of sp³-hybridized carbons (Fsp3) is 0.629. The van der Waals surface area contributed by atoms with E-state index in [1.807, 2.05) is 9.80 Å². The molecule has 5 rings (SSSR count). The standard InChI is InChI=1S/C22H34ClN5O5S.C13H17ClN2O2/c1-14-11-22(5,6)28(12-14)18-16(7-8-17(23)25-18)19(29)26-34(31,32)27-10-9-15(13-27)24-20(30)33-21(2,3)4;1-8-6-13(2,3)16(7-8)11-9(12(17)18)4-5-10(14)15-11/h7-8,14-15H,9-13H2,1-6H3,(H,24,30)(H,26,29);4-5,8H,6-7H2,1-3H3,(H,17,18)/t14-,15-;8-/m00/s1. The van der Waals surface area contributed by atoms with E-state index in [0.29, 0.717) is 41.6 Å². The molecule has 0 bridgehead atoms. The number of aromatic nitrogens is 2. The van der Waals surface area contributed by atoms with Gasteiger partial charge in [0, 0.05) is 43.3 Å². The first-order valence-electron chi connectivity index (χ1n) is 17.3. The molecule has 52 heavy (non-hydrogen) atoms. The number of hydrogen-bond donors (Lipinski definition) is 3. The second-order valence-electron chi connectivity index (χ2n) is 16.2. The van der Waals surface area contributed by atoms with Crippen molar-refractivity contribution in [1.82, 2.24) is 24.3 Å². The number of nitrogens with zero attached hydrogens (tertiary/aromatic N) is 5. The lowest BCUT2D eigenvalue weighted by Gasteiger charge is -2.33. The van der Waals surface area contributed by atoms with Gasteiger partial charge in [0.25, 0.3) is 5.91 Å². The van der Waals surface area contributed by atoms with Gasteiger partial charge in [0.15, 0.2) is 0 Å². The Morgan fingerprint density at radius 1 is 0.865 bits per heavy atom. The predicted molar refractivity (Wildman–Crippen MR) is 202 cm³/mol. The summed E-state index contributed by atoms with van der Waals surface area (Å²) in [4.78, 5) is 49.0. The largest absolute Gasteiger partial charge is 0.478 e. The van der Waals surface area contributed by atoms with Crippen molar-refractivity contribution in [3.63, 3.8) is 0 Å². The number of anilines is 2. The highest BCUT2D eigenvalue weighted by Crippen LogP contribution is 2.39. The summed E-state index contributed by atoms with van der Waals surface area (Å²) < 4.78 is 34.4. The molecule has 2 amide bonds. The summed E-state index contributed by atoms with van der Waals surface area (Å²) in [6, 6.07) is 5.58. The Hall–Kier alpha value is -3.40. The number of carbonyl (C=O) groups excluding carboxylic acids is 2. The lowest BCUT2D eigenvalue weighted by Crippen LogP contribution is -2.46. The maximum Gasteiger partial charge on any atom is 0.407 e. The summed E-state index contributed by atoms with van der Waals surface area (Å²) in [6.07, 6.45) is 1.71. The molecule has 2 aromatic rings. The van der Waals surface area contributed by atoms with Gasteiger partial charge in [-0.05, 0) is 104 Å². The van der Waals surface area contributed by atoms with Crippen LogP contribution >= 0.6 is 23.2 Å². The molecule has 0 aromatic carbocycles. The molecule has 2 aromatic heterocycles. The van der Waals surface area contributed by atoms with Gasteiger partial charge in [-0.1, -0.05) is 37.0 Å². The first-order valence-corrected chi connectivity index (χ1v) is 19.5. The topological polar surface area (TPSA) is 174 Å². The lowest BCUT2D eigenvalue weighted by molar-refractivity contribution is 0.0506. The predicted octanol–water partition coefficient (Wildman–Crippen LogP) is 5.99. The van der Waals surface area contributed by atoms with E-state index in [0.717, 1.165) is 23.7 Å². The van der Waals surface area contributed by atoms with Gasteiger partial charge in [0.1, 0.15) is 33.1 Å². The molecule has 3 aliphatic heterocycles. The molecule has 3 fully saturated rings. The van der Waals surface area contributed by atoms with E-state index in [1.54, 1.807) is 20.8 Å². The molecule has 14 nitrogen and oxygen atoms in total. The van der Waals surface area contributed by atoms with E-state index < -0.39 is 39.8 Å². The van der Waals surface area contributed by atoms with E-state index in [1.165, 1.54) is 24.3 Å². The van der Waals surface area contributed by atoms with Crippen molar-refractivity contribution >= 4 is 63.0 Å². The van der Waals surface area contributed by atoms with Crippen LogP contribution in [0.5, 0.6) is 0 Å². The van der Waals surface area contributed by atoms with Gasteiger partial charge in [0.05, 0.1) is 5.56 Å². The lowest BCUT2D eigenvalue weighted by atomic mass is 9.97. The molecule has 0 spiro atoms. The highest BCUT2D eigenvalue weighted by molar-refractivity contribution is 7.87. The third-order valence-corrected chi connectivity index (χ3v) is 11.1. The fourth-order valence-electron chi connectivity index (χ4n) is 7.30. The third-order valence-electron chi connectivity index (χ3n) is 9.25. The summed E-state index contributed by atoms with van der Waals surface area (Å²) in [5.41, 5.74) is -0.671. The number of pyridine rings is 2. The molecule has 3 saturated heterocycles. The molecule has 0 radical (unpaired) electrons. The number of alkyl carbamates (subject to hydrolysis) is 1. The van der Waals surface area contributed by atoms with Crippen LogP contribution in [0.25, 0.3) is 0 Å². The molecule has 3 aliphatic rings. The second kappa shape index (κ2) is 15.5. The quantitative estimate of drug-likeness (QED) is 0.282. The minimum Gasteiger partial charge on any atom is -0.478 e. The zero-order valence-corrected chi connectivity index (χ0v) is 33.6. The molecule has 3 N–H and O–H groups in total. The van der Waals surface area contributed by atoms with Gasteiger partial charge < -0.3 is 25.0 Å². The first-order chi connectivity index (χ1) is 23.9. The average molecular weight is 785 g/mol. The number of hydrogen-bond acceptors (Lipinski definition) is 10. The Labute approximate surface area is 316 Å². The zero-order chi connectivity index (χ0) is 39.0. The summed E-state index contributed by atoms with van der Waals surface area (Å²) in [5.74, 6) is -0.00996. The highest BCUT2D eigenvalue weighted by atomic mass is 35.5. The Bertz CT molecular complexity index is 1780. The van der Waals surface area contributed by atoms with E-state index in [9.17, 15) is 27.9 Å². The van der Waals surface area contributed by atoms with Crippen molar-refractivity contribution in [2.75, 3.05) is 36.0 Å². The van der Waals surface area contributed by atoms with Crippen LogP contribution < -0.4 is 19.8 Å². The Morgan fingerprint density at radius 3 is 1.79 bits per heavy atom. The van der Waals surface area contributed by atoms with Crippen molar-refractivity contribution in [3.05, 3.63) is 45.7 Å².